The molecule has 2 unspecified atom stereocenters. The van der Waals surface area contributed by atoms with Gasteiger partial charge in [-0.25, -0.2) is 0 Å². The van der Waals surface area contributed by atoms with E-state index in [-0.39, 0.29) is 23.2 Å². The lowest BCUT2D eigenvalue weighted by Gasteiger charge is -2.49. The summed E-state index contributed by atoms with van der Waals surface area (Å²) in [5.41, 5.74) is 5.75. The number of nitrogens with two attached hydrogens (primary N) is 1. The van der Waals surface area contributed by atoms with E-state index < -0.39 is 4.92 Å². The van der Waals surface area contributed by atoms with Gasteiger partial charge in [-0.1, -0.05) is 26.0 Å². The van der Waals surface area contributed by atoms with E-state index in [0.717, 1.165) is 6.42 Å². The van der Waals surface area contributed by atoms with E-state index in [1.165, 1.54) is 6.07 Å². The first-order chi connectivity index (χ1) is 7.93. The summed E-state index contributed by atoms with van der Waals surface area (Å²) in [6, 6.07) is 6.52. The Morgan fingerprint density at radius 2 is 2.12 bits per heavy atom. The minimum absolute atomic E-state index is 0.00349. The van der Waals surface area contributed by atoms with Gasteiger partial charge in [0.2, 0.25) is 0 Å². The summed E-state index contributed by atoms with van der Waals surface area (Å²) in [6.07, 6.45) is 0.678. The number of benzene rings is 1. The van der Waals surface area contributed by atoms with Crippen LogP contribution in [0.2, 0.25) is 0 Å². The fourth-order valence-electron chi connectivity index (χ4n) is 1.98. The van der Waals surface area contributed by atoms with Crippen molar-refractivity contribution in [2.45, 2.75) is 32.4 Å². The fraction of sp³-hybridized carbons (Fsp3) is 0.500. The Morgan fingerprint density at radius 3 is 2.65 bits per heavy atom. The number of nitro groups is 1. The van der Waals surface area contributed by atoms with Gasteiger partial charge in [0.15, 0.2) is 5.75 Å². The predicted octanol–water partition coefficient (Wildman–Crippen LogP) is 2.10. The van der Waals surface area contributed by atoms with Crippen LogP contribution < -0.4 is 10.5 Å². The number of hydrogen-bond acceptors (Lipinski definition) is 4. The van der Waals surface area contributed by atoms with Gasteiger partial charge in [0.1, 0.15) is 6.10 Å². The molecule has 1 aromatic carbocycles. The number of nitro benzene ring substituents is 1. The van der Waals surface area contributed by atoms with E-state index in [0.29, 0.717) is 5.75 Å². The summed E-state index contributed by atoms with van der Waals surface area (Å²) in [4.78, 5) is 10.4. The van der Waals surface area contributed by atoms with Gasteiger partial charge in [0.25, 0.3) is 0 Å². The monoisotopic (exact) mass is 236 g/mol. The molecule has 0 spiro atoms. The molecular formula is C12H16N2O3. The summed E-state index contributed by atoms with van der Waals surface area (Å²) < 4.78 is 5.71. The Morgan fingerprint density at radius 1 is 1.47 bits per heavy atom. The van der Waals surface area contributed by atoms with Gasteiger partial charge < -0.3 is 10.5 Å². The van der Waals surface area contributed by atoms with Crippen molar-refractivity contribution >= 4 is 5.69 Å². The first-order valence-electron chi connectivity index (χ1n) is 5.58. The second kappa shape index (κ2) is 4.00. The van der Waals surface area contributed by atoms with Crippen LogP contribution in [-0.4, -0.2) is 17.1 Å². The van der Waals surface area contributed by atoms with Crippen LogP contribution in [0.15, 0.2) is 24.3 Å². The van der Waals surface area contributed by atoms with Gasteiger partial charge in [-0.2, -0.15) is 0 Å². The first-order valence-corrected chi connectivity index (χ1v) is 5.58. The smallest absolute Gasteiger partial charge is 0.310 e. The first kappa shape index (κ1) is 11.9. The predicted molar refractivity (Wildman–Crippen MR) is 63.9 cm³/mol. The lowest BCUT2D eigenvalue weighted by Crippen LogP contribution is -2.60. The summed E-state index contributed by atoms with van der Waals surface area (Å²) in [5, 5.41) is 10.8. The molecule has 0 aromatic heterocycles. The average molecular weight is 236 g/mol. The third-order valence-corrected chi connectivity index (χ3v) is 3.58. The lowest BCUT2D eigenvalue weighted by molar-refractivity contribution is -0.386. The van der Waals surface area contributed by atoms with Crippen LogP contribution in [-0.2, 0) is 0 Å². The molecule has 5 nitrogen and oxygen atoms in total. The van der Waals surface area contributed by atoms with Crippen molar-refractivity contribution in [1.82, 2.24) is 0 Å². The van der Waals surface area contributed by atoms with Crippen molar-refractivity contribution in [3.63, 3.8) is 0 Å². The van der Waals surface area contributed by atoms with Gasteiger partial charge in [-0.05, 0) is 6.07 Å². The van der Waals surface area contributed by atoms with Gasteiger partial charge in [0, 0.05) is 23.9 Å². The Bertz CT molecular complexity index is 445. The Hall–Kier alpha value is -1.62. The third-order valence-electron chi connectivity index (χ3n) is 3.58. The van der Waals surface area contributed by atoms with Crippen LogP contribution in [0.4, 0.5) is 5.69 Å². The number of rotatable bonds is 3. The van der Waals surface area contributed by atoms with Crippen LogP contribution in [0.25, 0.3) is 0 Å². The van der Waals surface area contributed by atoms with E-state index in [4.69, 9.17) is 10.5 Å². The minimum Gasteiger partial charge on any atom is -0.483 e. The van der Waals surface area contributed by atoms with Crippen molar-refractivity contribution in [1.29, 1.82) is 0 Å². The molecule has 17 heavy (non-hydrogen) atoms. The zero-order valence-corrected chi connectivity index (χ0v) is 9.92. The molecule has 1 aliphatic rings. The summed E-state index contributed by atoms with van der Waals surface area (Å²) in [5.74, 6) is 0.322. The van der Waals surface area contributed by atoms with Gasteiger partial charge in [0.05, 0.1) is 4.92 Å². The van der Waals surface area contributed by atoms with Crippen LogP contribution >= 0.6 is 0 Å². The van der Waals surface area contributed by atoms with Crippen molar-refractivity contribution < 1.29 is 9.66 Å². The molecule has 2 N–H and O–H groups in total. The zero-order chi connectivity index (χ0) is 12.6. The normalized spacial score (nSPS) is 26.1. The second-order valence-corrected chi connectivity index (χ2v) is 4.99. The van der Waals surface area contributed by atoms with Crippen LogP contribution in [0.3, 0.4) is 0 Å². The summed E-state index contributed by atoms with van der Waals surface area (Å²) in [6.45, 7) is 4.03. The molecule has 1 fully saturated rings. The second-order valence-electron chi connectivity index (χ2n) is 4.99. The van der Waals surface area contributed by atoms with E-state index in [9.17, 15) is 10.1 Å². The van der Waals surface area contributed by atoms with Crippen LogP contribution in [0.1, 0.15) is 20.3 Å². The molecule has 0 bridgehead atoms. The molecule has 5 heteroatoms. The molecule has 0 aliphatic heterocycles. The van der Waals surface area contributed by atoms with Gasteiger partial charge in [-0.3, -0.25) is 10.1 Å². The molecule has 1 saturated carbocycles. The molecule has 92 valence electrons. The van der Waals surface area contributed by atoms with Crippen molar-refractivity contribution in [3.05, 3.63) is 34.4 Å². The maximum Gasteiger partial charge on any atom is 0.310 e. The molecule has 0 amide bonds. The van der Waals surface area contributed by atoms with E-state index in [1.807, 2.05) is 13.8 Å². The van der Waals surface area contributed by atoms with Gasteiger partial charge in [-0.15, -0.1) is 0 Å². The SMILES string of the molecule is CC1(C)C(N)CC1Oc1ccccc1[N+](=O)[O-]. The quantitative estimate of drug-likeness (QED) is 0.644. The zero-order valence-electron chi connectivity index (χ0n) is 9.92. The Balaban J connectivity index is 2.18. The molecule has 0 saturated heterocycles. The van der Waals surface area contributed by atoms with E-state index in [1.54, 1.807) is 18.2 Å². The Kier molecular flexibility index (Phi) is 2.79. The van der Waals surface area contributed by atoms with Crippen LogP contribution in [0.5, 0.6) is 5.75 Å². The van der Waals surface area contributed by atoms with Crippen molar-refractivity contribution in [2.24, 2.45) is 11.1 Å². The van der Waals surface area contributed by atoms with Crippen LogP contribution in [0, 0.1) is 15.5 Å². The molecule has 0 radical (unpaired) electrons. The molecular weight excluding hydrogens is 220 g/mol. The fourth-order valence-corrected chi connectivity index (χ4v) is 1.98. The highest BCUT2D eigenvalue weighted by Crippen LogP contribution is 2.43. The van der Waals surface area contributed by atoms with E-state index in [2.05, 4.69) is 0 Å². The summed E-state index contributed by atoms with van der Waals surface area (Å²) >= 11 is 0. The number of ether oxygens (including phenoxy) is 1. The van der Waals surface area contributed by atoms with Crippen molar-refractivity contribution in [2.75, 3.05) is 0 Å². The highest BCUT2D eigenvalue weighted by molar-refractivity contribution is 5.46. The minimum atomic E-state index is -0.430. The lowest BCUT2D eigenvalue weighted by atomic mass is 9.65. The highest BCUT2D eigenvalue weighted by Gasteiger charge is 2.48. The molecule has 1 aromatic rings. The number of hydrogen-bond donors (Lipinski definition) is 1. The largest absolute Gasteiger partial charge is 0.483 e. The maximum atomic E-state index is 10.8. The number of nitrogens with zero attached hydrogens (tertiary/aromatic N) is 1. The van der Waals surface area contributed by atoms with Crippen molar-refractivity contribution in [3.8, 4) is 5.75 Å². The highest BCUT2D eigenvalue weighted by atomic mass is 16.6. The number of para-hydroxylation sites is 2. The molecule has 2 atom stereocenters. The topological polar surface area (TPSA) is 78.4 Å². The molecule has 2 rings (SSSR count). The van der Waals surface area contributed by atoms with Gasteiger partial charge >= 0.3 is 5.69 Å². The molecule has 1 aliphatic carbocycles. The summed E-state index contributed by atoms with van der Waals surface area (Å²) in [7, 11) is 0. The molecule has 0 heterocycles. The Labute approximate surface area is 99.7 Å². The standard InChI is InChI=1S/C12H16N2O3/c1-12(2)10(13)7-11(12)17-9-6-4-3-5-8(9)14(15)16/h3-6,10-11H,7,13H2,1-2H3. The average Bonchev–Trinajstić information content (AvgIpc) is 2.29. The third kappa shape index (κ3) is 1.98. The maximum absolute atomic E-state index is 10.8. The van der Waals surface area contributed by atoms with E-state index >= 15 is 0 Å².